The number of likely N-dealkylation sites (tertiary alicyclic amines) is 1. The average Bonchev–Trinajstić information content (AvgIpc) is 2.85. The minimum absolute atomic E-state index is 0.0396. The Bertz CT molecular complexity index is 1330. The fourth-order valence-corrected chi connectivity index (χ4v) is 4.22. The third-order valence-corrected chi connectivity index (χ3v) is 5.91. The smallest absolute Gasteiger partial charge is 0.150 e. The maximum absolute atomic E-state index is 10.1. The molecule has 0 aromatic heterocycles. The summed E-state index contributed by atoms with van der Waals surface area (Å²) in [5.41, 5.74) is 2.18. The van der Waals surface area contributed by atoms with Crippen LogP contribution in [0, 0.1) is 0 Å². The summed E-state index contributed by atoms with van der Waals surface area (Å²) in [5, 5.41) is 19.9. The zero-order chi connectivity index (χ0) is 27.1. The minimum Gasteiger partial charge on any atom is -0.508 e. The first kappa shape index (κ1) is 16.2. The van der Waals surface area contributed by atoms with Crippen LogP contribution in [-0.4, -0.2) is 40.8 Å². The molecule has 0 radical (unpaired) electrons. The first-order chi connectivity index (χ1) is 18.1. The van der Waals surface area contributed by atoms with E-state index in [1.807, 2.05) is 0 Å². The molecule has 5 heteroatoms. The highest BCUT2D eigenvalue weighted by atomic mass is 16.5. The van der Waals surface area contributed by atoms with Gasteiger partial charge in [-0.05, 0) is 72.9 Å². The van der Waals surface area contributed by atoms with Crippen LogP contribution >= 0.6 is 0 Å². The van der Waals surface area contributed by atoms with E-state index in [4.69, 9.17) is 16.3 Å². The lowest BCUT2D eigenvalue weighted by Crippen LogP contribution is -2.53. The van der Waals surface area contributed by atoms with Gasteiger partial charge in [-0.2, -0.15) is 0 Å². The molecule has 2 heterocycles. The normalized spacial score (nSPS) is 21.9. The molecule has 3 aromatic carbocycles. The monoisotopic (exact) mass is 448 g/mol. The molecule has 1 saturated heterocycles. The van der Waals surface area contributed by atoms with Crippen LogP contribution in [0.25, 0.3) is 11.1 Å². The van der Waals surface area contributed by atoms with E-state index in [1.165, 1.54) is 24.3 Å². The van der Waals surface area contributed by atoms with E-state index < -0.39 is 19.0 Å². The number of nitrogens with zero attached hydrogens (tertiary/aromatic N) is 1. The molecule has 1 fully saturated rings. The summed E-state index contributed by atoms with van der Waals surface area (Å²) in [6.07, 6.45) is -1.10. The Morgan fingerprint density at radius 2 is 1.79 bits per heavy atom. The SMILES string of the molecule is [2H]CCCN1CC([2H])(Oc2ccc(C3Oc4cc(O)ccc4C(C([2H])([2H])[2H])=C3c3ccc(O)cc3)cc2)C1. The Kier molecular flexibility index (Phi) is 4.34. The summed E-state index contributed by atoms with van der Waals surface area (Å²) >= 11 is 0. The molecule has 0 saturated carbocycles. The number of phenols is 2. The molecule has 5 nitrogen and oxygen atoms in total. The number of phenolic OH excluding ortho intramolecular Hbond substituents is 2. The van der Waals surface area contributed by atoms with Crippen LogP contribution in [-0.2, 0) is 0 Å². The Morgan fingerprint density at radius 1 is 1.03 bits per heavy atom. The van der Waals surface area contributed by atoms with Crippen LogP contribution in [0.1, 0.15) is 49.8 Å². The Balaban J connectivity index is 1.50. The summed E-state index contributed by atoms with van der Waals surface area (Å²) in [6, 6.07) is 17.7. The number of rotatable bonds is 6. The summed E-state index contributed by atoms with van der Waals surface area (Å²) in [6.45, 7) is -0.410. The molecule has 0 bridgehead atoms. The summed E-state index contributed by atoms with van der Waals surface area (Å²) in [5.74, 6) is 0.797. The Hall–Kier alpha value is -3.44. The predicted molar refractivity (Wildman–Crippen MR) is 130 cm³/mol. The van der Waals surface area contributed by atoms with Crippen molar-refractivity contribution in [3.63, 3.8) is 0 Å². The van der Waals surface area contributed by atoms with Crippen molar-refractivity contribution in [2.45, 2.75) is 32.4 Å². The average molecular weight is 449 g/mol. The highest BCUT2D eigenvalue weighted by Gasteiger charge is 2.30. The lowest BCUT2D eigenvalue weighted by atomic mass is 9.86. The van der Waals surface area contributed by atoms with Crippen molar-refractivity contribution in [2.75, 3.05) is 19.6 Å². The van der Waals surface area contributed by atoms with E-state index in [0.29, 0.717) is 48.0 Å². The second-order valence-corrected chi connectivity index (χ2v) is 8.29. The van der Waals surface area contributed by atoms with Crippen molar-refractivity contribution < 1.29 is 26.5 Å². The van der Waals surface area contributed by atoms with Crippen molar-refractivity contribution in [1.29, 1.82) is 0 Å². The van der Waals surface area contributed by atoms with Crippen molar-refractivity contribution in [3.8, 4) is 23.0 Å². The second kappa shape index (κ2) is 8.83. The Morgan fingerprint density at radius 3 is 2.52 bits per heavy atom. The van der Waals surface area contributed by atoms with Crippen LogP contribution in [0.5, 0.6) is 23.0 Å². The van der Waals surface area contributed by atoms with Gasteiger partial charge in [0.2, 0.25) is 0 Å². The van der Waals surface area contributed by atoms with E-state index in [9.17, 15) is 10.2 Å². The summed E-state index contributed by atoms with van der Waals surface area (Å²) in [7, 11) is 0. The lowest BCUT2D eigenvalue weighted by molar-refractivity contribution is 0.0202. The van der Waals surface area contributed by atoms with Crippen molar-refractivity contribution in [2.24, 2.45) is 0 Å². The predicted octanol–water partition coefficient (Wildman–Crippen LogP) is 5.64. The molecule has 2 aliphatic heterocycles. The molecule has 1 unspecified atom stereocenters. The maximum Gasteiger partial charge on any atom is 0.150 e. The third kappa shape index (κ3) is 4.29. The van der Waals surface area contributed by atoms with Gasteiger partial charge in [-0.1, -0.05) is 31.2 Å². The molecule has 0 aliphatic carbocycles. The van der Waals surface area contributed by atoms with E-state index in [-0.39, 0.29) is 22.8 Å². The molecule has 5 rings (SSSR count). The fraction of sp³-hybridized carbons (Fsp3) is 0.286. The molecule has 2 N–H and O–H groups in total. The van der Waals surface area contributed by atoms with Gasteiger partial charge in [0.05, 0.1) is 1.37 Å². The Labute approximate surface area is 201 Å². The maximum atomic E-state index is 10.1. The van der Waals surface area contributed by atoms with E-state index in [1.54, 1.807) is 42.5 Å². The fourth-order valence-electron chi connectivity index (χ4n) is 4.22. The first-order valence-corrected chi connectivity index (χ1v) is 10.9. The minimum atomic E-state index is -2.49. The van der Waals surface area contributed by atoms with E-state index in [2.05, 4.69) is 4.90 Å². The number of aromatic hydroxyl groups is 2. The number of ether oxygens (including phenoxy) is 2. The molecule has 0 amide bonds. The van der Waals surface area contributed by atoms with Crippen molar-refractivity contribution in [1.82, 2.24) is 4.90 Å². The molecule has 33 heavy (non-hydrogen) atoms. The van der Waals surface area contributed by atoms with Crippen molar-refractivity contribution in [3.05, 3.63) is 83.4 Å². The van der Waals surface area contributed by atoms with Gasteiger partial charge in [-0.15, -0.1) is 0 Å². The number of benzene rings is 3. The zero-order valence-corrected chi connectivity index (χ0v) is 18.1. The number of fused-ring (bicyclic) bond motifs is 1. The van der Waals surface area contributed by atoms with Gasteiger partial charge in [0.25, 0.3) is 0 Å². The number of hydrogen-bond acceptors (Lipinski definition) is 5. The zero-order valence-electron chi connectivity index (χ0n) is 23.1. The van der Waals surface area contributed by atoms with E-state index >= 15 is 0 Å². The highest BCUT2D eigenvalue weighted by molar-refractivity contribution is 5.95. The highest BCUT2D eigenvalue weighted by Crippen LogP contribution is 2.47. The van der Waals surface area contributed by atoms with Crippen LogP contribution < -0.4 is 9.47 Å². The lowest BCUT2D eigenvalue weighted by Gasteiger charge is -2.38. The van der Waals surface area contributed by atoms with Crippen molar-refractivity contribution >= 4 is 11.1 Å². The molecule has 0 spiro atoms. The topological polar surface area (TPSA) is 62.2 Å². The molecule has 1 atom stereocenters. The third-order valence-electron chi connectivity index (χ3n) is 5.91. The molecular formula is C28H29NO4. The standard InChI is InChI=1S/C28H29NO4/c1-3-14-29-16-24(17-29)32-23-11-6-20(7-12-23)28-27(19-4-8-21(30)9-5-19)18(2)25-13-10-22(31)15-26(25)33-28/h4-13,15,24,28,30-31H,3,14,16-17H2,1-2H3/i1D,2D3,24D. The number of allylic oxidation sites excluding steroid dienone is 1. The second-order valence-electron chi connectivity index (χ2n) is 8.29. The van der Waals surface area contributed by atoms with Gasteiger partial charge in [0, 0.05) is 35.8 Å². The molecular weight excluding hydrogens is 414 g/mol. The van der Waals surface area contributed by atoms with Crippen LogP contribution in [0.3, 0.4) is 0 Å². The van der Waals surface area contributed by atoms with Gasteiger partial charge < -0.3 is 19.7 Å². The molecule has 170 valence electrons. The summed E-state index contributed by atoms with van der Waals surface area (Å²) in [4.78, 5) is 2.09. The molecule has 2 aliphatic rings. The van der Waals surface area contributed by atoms with Crippen LogP contribution in [0.15, 0.2) is 66.7 Å². The largest absolute Gasteiger partial charge is 0.508 e. The summed E-state index contributed by atoms with van der Waals surface area (Å²) < 4.78 is 53.1. The van der Waals surface area contributed by atoms with Crippen LogP contribution in [0.2, 0.25) is 0 Å². The van der Waals surface area contributed by atoms with Gasteiger partial charge in [0.1, 0.15) is 35.2 Å². The van der Waals surface area contributed by atoms with Crippen LogP contribution in [0.4, 0.5) is 0 Å². The van der Waals surface area contributed by atoms with Gasteiger partial charge in [-0.25, -0.2) is 0 Å². The van der Waals surface area contributed by atoms with Gasteiger partial charge in [-0.3, -0.25) is 4.90 Å². The van der Waals surface area contributed by atoms with E-state index in [0.717, 1.165) is 13.0 Å². The number of hydrogen-bond donors (Lipinski definition) is 2. The molecule has 3 aromatic rings. The quantitative estimate of drug-likeness (QED) is 0.511. The first-order valence-electron chi connectivity index (χ1n) is 13.6. The van der Waals surface area contributed by atoms with Gasteiger partial charge >= 0.3 is 0 Å². The van der Waals surface area contributed by atoms with Gasteiger partial charge in [0.15, 0.2) is 0 Å².